The van der Waals surface area contributed by atoms with Crippen LogP contribution in [-0.2, 0) is 9.84 Å². The van der Waals surface area contributed by atoms with Crippen LogP contribution in [-0.4, -0.2) is 40.3 Å². The van der Waals surface area contributed by atoms with Gasteiger partial charge in [-0.05, 0) is 65.0 Å². The maximum Gasteiger partial charge on any atom is 0.255 e. The standard InChI is InChI=1S/C21H13N5O4S/c27-20-16-3-1-2-4-18(16)31(29,30)19-11-13(5-10-17(19)20)21(28)23-14-6-8-15(9-7-14)26-12-22-24-25-26/h1-12H,(H,23,28). The molecule has 0 aliphatic carbocycles. The first-order valence-corrected chi connectivity index (χ1v) is 10.6. The molecule has 0 atom stereocenters. The Morgan fingerprint density at radius 2 is 1.65 bits per heavy atom. The van der Waals surface area contributed by atoms with Crippen molar-refractivity contribution in [2.45, 2.75) is 9.79 Å². The number of nitrogens with zero attached hydrogens (tertiary/aromatic N) is 4. The monoisotopic (exact) mass is 431 g/mol. The van der Waals surface area contributed by atoms with Gasteiger partial charge in [0.15, 0.2) is 5.78 Å². The lowest BCUT2D eigenvalue weighted by Gasteiger charge is -2.19. The fraction of sp³-hybridized carbons (Fsp3) is 0. The Kier molecular flexibility index (Phi) is 4.22. The second-order valence-electron chi connectivity index (χ2n) is 6.80. The van der Waals surface area contributed by atoms with Gasteiger partial charge in [0.2, 0.25) is 9.84 Å². The highest BCUT2D eigenvalue weighted by atomic mass is 32.2. The van der Waals surface area contributed by atoms with Gasteiger partial charge in [-0.3, -0.25) is 9.59 Å². The van der Waals surface area contributed by atoms with Gasteiger partial charge < -0.3 is 5.32 Å². The molecular formula is C21H13N5O4S. The van der Waals surface area contributed by atoms with E-state index in [1.807, 2.05) is 0 Å². The van der Waals surface area contributed by atoms with Gasteiger partial charge in [0, 0.05) is 22.4 Å². The predicted octanol–water partition coefficient (Wildman–Crippen LogP) is 2.29. The third-order valence-electron chi connectivity index (χ3n) is 4.94. The van der Waals surface area contributed by atoms with Crippen molar-refractivity contribution in [1.29, 1.82) is 0 Å². The number of hydrogen-bond acceptors (Lipinski definition) is 7. The highest BCUT2D eigenvalue weighted by Crippen LogP contribution is 2.34. The summed E-state index contributed by atoms with van der Waals surface area (Å²) in [6, 6.07) is 16.9. The summed E-state index contributed by atoms with van der Waals surface area (Å²) in [4.78, 5) is 25.2. The number of benzene rings is 3. The minimum Gasteiger partial charge on any atom is -0.322 e. The van der Waals surface area contributed by atoms with Crippen LogP contribution in [0, 0.1) is 0 Å². The van der Waals surface area contributed by atoms with Gasteiger partial charge in [0.25, 0.3) is 5.91 Å². The molecule has 0 unspecified atom stereocenters. The number of ketones is 1. The number of amides is 1. The molecule has 0 radical (unpaired) electrons. The van der Waals surface area contributed by atoms with E-state index in [0.717, 1.165) is 0 Å². The van der Waals surface area contributed by atoms with Crippen molar-refractivity contribution in [2.24, 2.45) is 0 Å². The first-order valence-electron chi connectivity index (χ1n) is 9.13. The van der Waals surface area contributed by atoms with Crippen molar-refractivity contribution in [3.05, 3.63) is 89.7 Å². The van der Waals surface area contributed by atoms with Gasteiger partial charge in [-0.1, -0.05) is 12.1 Å². The average Bonchev–Trinajstić information content (AvgIpc) is 3.33. The molecule has 9 nitrogen and oxygen atoms in total. The summed E-state index contributed by atoms with van der Waals surface area (Å²) in [5.74, 6) is -0.884. The molecule has 10 heteroatoms. The zero-order valence-electron chi connectivity index (χ0n) is 15.8. The van der Waals surface area contributed by atoms with Crippen LogP contribution in [0.5, 0.6) is 0 Å². The highest BCUT2D eigenvalue weighted by molar-refractivity contribution is 7.91. The Hall–Kier alpha value is -4.18. The quantitative estimate of drug-likeness (QED) is 0.465. The fourth-order valence-corrected chi connectivity index (χ4v) is 5.08. The van der Waals surface area contributed by atoms with Gasteiger partial charge in [-0.2, -0.15) is 0 Å². The van der Waals surface area contributed by atoms with E-state index in [2.05, 4.69) is 20.8 Å². The van der Waals surface area contributed by atoms with E-state index in [1.54, 1.807) is 36.4 Å². The summed E-state index contributed by atoms with van der Waals surface area (Å²) in [6.45, 7) is 0. The van der Waals surface area contributed by atoms with E-state index in [9.17, 15) is 18.0 Å². The molecule has 4 aromatic rings. The molecule has 0 saturated heterocycles. The third kappa shape index (κ3) is 3.09. The fourth-order valence-electron chi connectivity index (χ4n) is 3.41. The summed E-state index contributed by atoms with van der Waals surface area (Å²) >= 11 is 0. The number of carbonyl (C=O) groups is 2. The summed E-state index contributed by atoms with van der Waals surface area (Å²) in [7, 11) is -3.92. The van der Waals surface area contributed by atoms with Crippen LogP contribution in [0.4, 0.5) is 5.69 Å². The molecule has 1 aromatic heterocycles. The maximum atomic E-state index is 13.0. The molecule has 1 aliphatic rings. The van der Waals surface area contributed by atoms with Gasteiger partial charge in [-0.15, -0.1) is 5.10 Å². The van der Waals surface area contributed by atoms with E-state index < -0.39 is 15.7 Å². The average molecular weight is 431 g/mol. The van der Waals surface area contributed by atoms with E-state index in [1.165, 1.54) is 41.3 Å². The number of nitrogens with one attached hydrogen (secondary N) is 1. The topological polar surface area (TPSA) is 124 Å². The second kappa shape index (κ2) is 6.96. The Morgan fingerprint density at radius 3 is 2.39 bits per heavy atom. The van der Waals surface area contributed by atoms with E-state index in [4.69, 9.17) is 0 Å². The van der Waals surface area contributed by atoms with Crippen LogP contribution in [0.25, 0.3) is 5.69 Å². The Morgan fingerprint density at radius 1 is 0.903 bits per heavy atom. The molecule has 2 heterocycles. The molecule has 0 bridgehead atoms. The van der Waals surface area contributed by atoms with Crippen LogP contribution in [0.3, 0.4) is 0 Å². The molecule has 0 saturated carbocycles. The minimum absolute atomic E-state index is 0.0525. The second-order valence-corrected chi connectivity index (χ2v) is 8.68. The van der Waals surface area contributed by atoms with Gasteiger partial charge in [0.05, 0.1) is 15.5 Å². The molecule has 1 amide bonds. The molecule has 0 spiro atoms. The molecule has 152 valence electrons. The largest absolute Gasteiger partial charge is 0.322 e. The van der Waals surface area contributed by atoms with Crippen LogP contribution in [0.2, 0.25) is 0 Å². The molecule has 1 N–H and O–H groups in total. The number of rotatable bonds is 3. The minimum atomic E-state index is -3.92. The number of aromatic nitrogens is 4. The van der Waals surface area contributed by atoms with Gasteiger partial charge >= 0.3 is 0 Å². The van der Waals surface area contributed by atoms with E-state index in [-0.39, 0.29) is 32.3 Å². The first-order chi connectivity index (χ1) is 14.9. The lowest BCUT2D eigenvalue weighted by molar-refractivity contribution is 0.101. The number of hydrogen-bond donors (Lipinski definition) is 1. The number of sulfone groups is 1. The number of tetrazole rings is 1. The third-order valence-corrected chi connectivity index (χ3v) is 6.79. The normalized spacial score (nSPS) is 13.9. The summed E-state index contributed by atoms with van der Waals surface area (Å²) in [5.41, 5.74) is 1.53. The maximum absolute atomic E-state index is 13.0. The van der Waals surface area contributed by atoms with Crippen molar-refractivity contribution in [3.63, 3.8) is 0 Å². The number of carbonyl (C=O) groups excluding carboxylic acids is 2. The predicted molar refractivity (Wildman–Crippen MR) is 109 cm³/mol. The van der Waals surface area contributed by atoms with Crippen LogP contribution in [0.15, 0.2) is 82.8 Å². The molecule has 31 heavy (non-hydrogen) atoms. The Bertz CT molecular complexity index is 1450. The number of anilines is 1. The first kappa shape index (κ1) is 18.8. The number of fused-ring (bicyclic) bond motifs is 2. The Labute approximate surface area is 176 Å². The molecule has 5 rings (SSSR count). The Balaban J connectivity index is 1.45. The highest BCUT2D eigenvalue weighted by Gasteiger charge is 2.35. The van der Waals surface area contributed by atoms with E-state index >= 15 is 0 Å². The van der Waals surface area contributed by atoms with Crippen molar-refractivity contribution < 1.29 is 18.0 Å². The van der Waals surface area contributed by atoms with Crippen molar-refractivity contribution >= 4 is 27.2 Å². The molecule has 0 fully saturated rings. The lowest BCUT2D eigenvalue weighted by Crippen LogP contribution is -2.21. The van der Waals surface area contributed by atoms with Crippen molar-refractivity contribution in [1.82, 2.24) is 20.2 Å². The van der Waals surface area contributed by atoms with Crippen LogP contribution < -0.4 is 5.32 Å². The van der Waals surface area contributed by atoms with Crippen molar-refractivity contribution in [3.8, 4) is 5.69 Å². The van der Waals surface area contributed by atoms with E-state index in [0.29, 0.717) is 11.4 Å². The summed E-state index contributed by atoms with van der Waals surface area (Å²) in [5, 5.41) is 13.6. The smallest absolute Gasteiger partial charge is 0.255 e. The lowest BCUT2D eigenvalue weighted by atomic mass is 10.0. The zero-order chi connectivity index (χ0) is 21.6. The molecular weight excluding hydrogens is 418 g/mol. The molecule has 3 aromatic carbocycles. The van der Waals surface area contributed by atoms with Crippen LogP contribution in [0.1, 0.15) is 26.3 Å². The molecule has 1 aliphatic heterocycles. The summed E-state index contributed by atoms with van der Waals surface area (Å²) < 4.78 is 27.5. The SMILES string of the molecule is O=C(Nc1ccc(-n2cnnn2)cc1)c1ccc2c(c1)S(=O)(=O)c1ccccc1C2=O. The van der Waals surface area contributed by atoms with Gasteiger partial charge in [0.1, 0.15) is 6.33 Å². The van der Waals surface area contributed by atoms with Crippen LogP contribution >= 0.6 is 0 Å². The van der Waals surface area contributed by atoms with Crippen molar-refractivity contribution in [2.75, 3.05) is 5.32 Å². The summed E-state index contributed by atoms with van der Waals surface area (Å²) in [6.07, 6.45) is 1.45. The zero-order valence-corrected chi connectivity index (χ0v) is 16.6. The van der Waals surface area contributed by atoms with Gasteiger partial charge in [-0.25, -0.2) is 13.1 Å².